The molecule has 0 fully saturated rings. The van der Waals surface area contributed by atoms with Gasteiger partial charge in [-0.05, 0) is 29.5 Å². The zero-order chi connectivity index (χ0) is 14.6. The van der Waals surface area contributed by atoms with Gasteiger partial charge in [-0.3, -0.25) is 0 Å². The highest BCUT2D eigenvalue weighted by Crippen LogP contribution is 2.13. The summed E-state index contributed by atoms with van der Waals surface area (Å²) in [6.07, 6.45) is 0. The van der Waals surface area contributed by atoms with Crippen LogP contribution in [0.25, 0.3) is 0 Å². The average molecular weight is 298 g/mol. The van der Waals surface area contributed by atoms with E-state index in [1.807, 2.05) is 0 Å². The summed E-state index contributed by atoms with van der Waals surface area (Å²) in [6.45, 7) is -0.000483. The molecule has 20 heavy (non-hydrogen) atoms. The molecule has 3 N–H and O–H groups in total. The minimum Gasteiger partial charge on any atom is -0.492 e. The summed E-state index contributed by atoms with van der Waals surface area (Å²) >= 11 is 0. The number of anilines is 2. The van der Waals surface area contributed by atoms with Gasteiger partial charge >= 0.3 is 0 Å². The molecule has 0 bridgehead atoms. The third-order valence-corrected chi connectivity index (χ3v) is 3.45. The second-order valence-corrected chi connectivity index (χ2v) is 5.78. The highest BCUT2D eigenvalue weighted by Gasteiger charge is 2.13. The molecule has 0 saturated heterocycles. The number of ether oxygens (including phenoxy) is 1. The predicted molar refractivity (Wildman–Crippen MR) is 72.6 cm³/mol. The van der Waals surface area contributed by atoms with E-state index in [9.17, 15) is 8.42 Å². The fourth-order valence-electron chi connectivity index (χ4n) is 1.35. The molecule has 10 heteroatoms. The van der Waals surface area contributed by atoms with Crippen molar-refractivity contribution in [2.75, 3.05) is 22.8 Å². The van der Waals surface area contributed by atoms with Crippen LogP contribution >= 0.6 is 0 Å². The van der Waals surface area contributed by atoms with Crippen LogP contribution in [-0.2, 0) is 17.1 Å². The SMILES string of the molecule is Cn1nnc(NS(=O)(=O)CCOc2ccc(N)cc2)n1. The second-order valence-electron chi connectivity index (χ2n) is 3.94. The fraction of sp³-hybridized carbons (Fsp3) is 0.300. The summed E-state index contributed by atoms with van der Waals surface area (Å²) in [5.74, 6) is 0.252. The third-order valence-electron chi connectivity index (χ3n) is 2.26. The molecule has 2 aromatic rings. The van der Waals surface area contributed by atoms with Gasteiger partial charge in [0, 0.05) is 5.69 Å². The maximum Gasteiger partial charge on any atom is 0.276 e. The first-order chi connectivity index (χ1) is 9.44. The number of nitrogens with one attached hydrogen (secondary N) is 1. The Labute approximate surface area is 115 Å². The molecule has 0 radical (unpaired) electrons. The van der Waals surface area contributed by atoms with Gasteiger partial charge in [-0.1, -0.05) is 5.10 Å². The van der Waals surface area contributed by atoms with E-state index in [1.165, 1.54) is 7.05 Å². The van der Waals surface area contributed by atoms with Crippen molar-refractivity contribution in [3.63, 3.8) is 0 Å². The number of rotatable bonds is 6. The smallest absolute Gasteiger partial charge is 0.276 e. The van der Waals surface area contributed by atoms with Crippen molar-refractivity contribution >= 4 is 21.7 Å². The number of nitrogens with two attached hydrogens (primary N) is 1. The van der Waals surface area contributed by atoms with E-state index in [0.717, 1.165) is 4.80 Å². The van der Waals surface area contributed by atoms with Crippen molar-refractivity contribution < 1.29 is 13.2 Å². The van der Waals surface area contributed by atoms with Crippen LogP contribution in [-0.4, -0.2) is 41.0 Å². The number of aromatic nitrogens is 4. The summed E-state index contributed by atoms with van der Waals surface area (Å²) in [5.41, 5.74) is 6.14. The lowest BCUT2D eigenvalue weighted by Gasteiger charge is -2.07. The van der Waals surface area contributed by atoms with Crippen molar-refractivity contribution in [1.82, 2.24) is 20.2 Å². The lowest BCUT2D eigenvalue weighted by Crippen LogP contribution is -2.22. The van der Waals surface area contributed by atoms with Crippen molar-refractivity contribution in [3.8, 4) is 5.75 Å². The normalized spacial score (nSPS) is 11.2. The zero-order valence-corrected chi connectivity index (χ0v) is 11.5. The van der Waals surface area contributed by atoms with Gasteiger partial charge in [0.25, 0.3) is 5.95 Å². The fourth-order valence-corrected chi connectivity index (χ4v) is 2.11. The predicted octanol–water partition coefficient (Wildman–Crippen LogP) is -0.387. The second kappa shape index (κ2) is 5.74. The standard InChI is InChI=1S/C10H14N6O3S/c1-16-13-10(12-15-16)14-20(17,18)7-6-19-9-4-2-8(11)3-5-9/h2-5H,6-7,11H2,1H3,(H,13,14). The lowest BCUT2D eigenvalue weighted by molar-refractivity contribution is 0.341. The highest BCUT2D eigenvalue weighted by atomic mass is 32.2. The molecule has 1 heterocycles. The first-order valence-electron chi connectivity index (χ1n) is 5.67. The average Bonchev–Trinajstić information content (AvgIpc) is 2.76. The van der Waals surface area contributed by atoms with Crippen molar-refractivity contribution in [3.05, 3.63) is 24.3 Å². The molecule has 0 aliphatic rings. The highest BCUT2D eigenvalue weighted by molar-refractivity contribution is 7.92. The van der Waals surface area contributed by atoms with Gasteiger partial charge in [0.1, 0.15) is 18.1 Å². The van der Waals surface area contributed by atoms with Crippen LogP contribution in [0.4, 0.5) is 11.6 Å². The number of aryl methyl sites for hydroxylation is 1. The Morgan fingerprint density at radius 1 is 1.35 bits per heavy atom. The number of nitrogen functional groups attached to an aromatic ring is 1. The Morgan fingerprint density at radius 2 is 2.05 bits per heavy atom. The number of nitrogens with zero attached hydrogens (tertiary/aromatic N) is 4. The Hall–Kier alpha value is -2.36. The molecule has 0 atom stereocenters. The molecule has 0 amide bonds. The number of hydrogen-bond donors (Lipinski definition) is 2. The van der Waals surface area contributed by atoms with Gasteiger partial charge in [0.15, 0.2) is 0 Å². The van der Waals surface area contributed by atoms with E-state index in [1.54, 1.807) is 24.3 Å². The van der Waals surface area contributed by atoms with Gasteiger partial charge in [-0.25, -0.2) is 13.1 Å². The van der Waals surface area contributed by atoms with E-state index in [0.29, 0.717) is 11.4 Å². The van der Waals surface area contributed by atoms with Gasteiger partial charge in [-0.2, -0.15) is 4.80 Å². The van der Waals surface area contributed by atoms with Crippen molar-refractivity contribution in [2.45, 2.75) is 0 Å². The lowest BCUT2D eigenvalue weighted by atomic mass is 10.3. The summed E-state index contributed by atoms with van der Waals surface area (Å²) < 4.78 is 31.0. The Morgan fingerprint density at radius 3 is 2.65 bits per heavy atom. The molecule has 9 nitrogen and oxygen atoms in total. The number of tetrazole rings is 1. The van der Waals surface area contributed by atoms with Crippen LogP contribution < -0.4 is 15.2 Å². The van der Waals surface area contributed by atoms with E-state index in [-0.39, 0.29) is 18.3 Å². The van der Waals surface area contributed by atoms with Crippen LogP contribution in [0.2, 0.25) is 0 Å². The Kier molecular flexibility index (Phi) is 4.03. The van der Waals surface area contributed by atoms with E-state index < -0.39 is 10.0 Å². The zero-order valence-electron chi connectivity index (χ0n) is 10.7. The molecule has 1 aromatic carbocycles. The van der Waals surface area contributed by atoms with Crippen LogP contribution in [0.1, 0.15) is 0 Å². The van der Waals surface area contributed by atoms with Gasteiger partial charge < -0.3 is 10.5 Å². The van der Waals surface area contributed by atoms with E-state index >= 15 is 0 Å². The molecule has 0 aliphatic heterocycles. The molecule has 1 aromatic heterocycles. The topological polar surface area (TPSA) is 125 Å². The molecule has 0 aliphatic carbocycles. The number of sulfonamides is 1. The summed E-state index contributed by atoms with van der Waals surface area (Å²) in [7, 11) is -2.04. The molecule has 108 valence electrons. The van der Waals surface area contributed by atoms with Crippen molar-refractivity contribution in [1.29, 1.82) is 0 Å². The third kappa shape index (κ3) is 4.09. The minimum atomic E-state index is -3.58. The Bertz CT molecular complexity index is 667. The number of hydrogen-bond acceptors (Lipinski definition) is 7. The molecule has 0 saturated carbocycles. The summed E-state index contributed by atoms with van der Waals surface area (Å²) in [5, 5.41) is 10.8. The first-order valence-corrected chi connectivity index (χ1v) is 7.33. The van der Waals surface area contributed by atoms with Crippen LogP contribution in [0, 0.1) is 0 Å². The summed E-state index contributed by atoms with van der Waals surface area (Å²) in [4.78, 5) is 1.16. The minimum absolute atomic E-state index is 0.000483. The number of benzene rings is 1. The van der Waals surface area contributed by atoms with Crippen LogP contribution in [0.5, 0.6) is 5.75 Å². The maximum atomic E-state index is 11.7. The quantitative estimate of drug-likeness (QED) is 0.696. The van der Waals surface area contributed by atoms with Crippen LogP contribution in [0.15, 0.2) is 24.3 Å². The maximum absolute atomic E-state index is 11.7. The van der Waals surface area contributed by atoms with Gasteiger partial charge in [0.05, 0.1) is 7.05 Å². The molecule has 0 unspecified atom stereocenters. The Balaban J connectivity index is 1.84. The largest absolute Gasteiger partial charge is 0.492 e. The van der Waals surface area contributed by atoms with E-state index in [4.69, 9.17) is 10.5 Å². The van der Waals surface area contributed by atoms with Crippen molar-refractivity contribution in [2.24, 2.45) is 7.05 Å². The monoisotopic (exact) mass is 298 g/mol. The molecule has 0 spiro atoms. The molecular formula is C10H14N6O3S. The van der Waals surface area contributed by atoms with E-state index in [2.05, 4.69) is 20.1 Å². The van der Waals surface area contributed by atoms with Crippen LogP contribution in [0.3, 0.4) is 0 Å². The molecule has 2 rings (SSSR count). The molecular weight excluding hydrogens is 284 g/mol. The van der Waals surface area contributed by atoms with Gasteiger partial charge in [-0.15, -0.1) is 5.10 Å². The summed E-state index contributed by atoms with van der Waals surface area (Å²) in [6, 6.07) is 6.68. The first kappa shape index (κ1) is 14.1. The van der Waals surface area contributed by atoms with Gasteiger partial charge in [0.2, 0.25) is 10.0 Å².